The van der Waals surface area contributed by atoms with Crippen LogP contribution < -0.4 is 5.56 Å². The van der Waals surface area contributed by atoms with Gasteiger partial charge in [0.1, 0.15) is 39.2 Å². The maximum absolute atomic E-state index is 12.4. The average Bonchev–Trinajstić information content (AvgIpc) is 3.12. The van der Waals surface area contributed by atoms with E-state index in [4.69, 9.17) is 9.15 Å². The lowest BCUT2D eigenvalue weighted by Gasteiger charge is -2.01. The van der Waals surface area contributed by atoms with E-state index in [1.54, 1.807) is 20.8 Å². The number of hydrogen-bond acceptors (Lipinski definition) is 8. The number of nitrogens with one attached hydrogen (secondary N) is 1. The van der Waals surface area contributed by atoms with E-state index >= 15 is 0 Å². The Labute approximate surface area is 151 Å². The Bertz CT molecular complexity index is 1080. The summed E-state index contributed by atoms with van der Waals surface area (Å²) in [6, 6.07) is 1.47. The van der Waals surface area contributed by atoms with E-state index in [0.717, 1.165) is 11.3 Å². The minimum atomic E-state index is -0.587. The molecule has 26 heavy (non-hydrogen) atoms. The monoisotopic (exact) mass is 376 g/mol. The number of aryl methyl sites for hydroxylation is 3. The average molecular weight is 376 g/mol. The number of H-pyrrole nitrogens is 1. The van der Waals surface area contributed by atoms with Crippen LogP contribution in [-0.2, 0) is 16.1 Å². The van der Waals surface area contributed by atoms with E-state index in [0.29, 0.717) is 38.0 Å². The van der Waals surface area contributed by atoms with Crippen LogP contribution in [0.15, 0.2) is 15.3 Å². The molecule has 8 nitrogen and oxygen atoms in total. The smallest absolute Gasteiger partial charge is 0.349 e. The molecule has 0 aliphatic heterocycles. The lowest BCUT2D eigenvalue weighted by Crippen LogP contribution is -2.09. The van der Waals surface area contributed by atoms with Crippen molar-refractivity contribution in [1.82, 2.24) is 9.97 Å². The van der Waals surface area contributed by atoms with Crippen LogP contribution in [0.1, 0.15) is 42.9 Å². The van der Waals surface area contributed by atoms with Gasteiger partial charge >= 0.3 is 11.9 Å². The Morgan fingerprint density at radius 3 is 2.69 bits per heavy atom. The van der Waals surface area contributed by atoms with Gasteiger partial charge in [0.25, 0.3) is 5.56 Å². The molecule has 3 aromatic rings. The molecule has 0 unspecified atom stereocenters. The first-order chi connectivity index (χ1) is 12.3. The molecule has 0 radical (unpaired) electrons. The molecular formula is C17H16N2O6S. The maximum Gasteiger partial charge on any atom is 0.349 e. The van der Waals surface area contributed by atoms with E-state index < -0.39 is 11.9 Å². The van der Waals surface area contributed by atoms with E-state index in [1.807, 2.05) is 0 Å². The summed E-state index contributed by atoms with van der Waals surface area (Å²) < 4.78 is 15.3. The van der Waals surface area contributed by atoms with Crippen LogP contribution in [-0.4, -0.2) is 29.0 Å². The van der Waals surface area contributed by atoms with E-state index in [1.165, 1.54) is 13.2 Å². The van der Waals surface area contributed by atoms with Crippen molar-refractivity contribution in [2.75, 3.05) is 7.11 Å². The van der Waals surface area contributed by atoms with Gasteiger partial charge < -0.3 is 18.9 Å². The van der Waals surface area contributed by atoms with Gasteiger partial charge in [-0.1, -0.05) is 0 Å². The normalized spacial score (nSPS) is 10.9. The molecule has 3 aromatic heterocycles. The molecule has 0 amide bonds. The minimum Gasteiger partial charge on any atom is -0.465 e. The summed E-state index contributed by atoms with van der Waals surface area (Å²) in [5.74, 6) is 0.0696. The minimum absolute atomic E-state index is 0.146. The molecule has 0 atom stereocenters. The molecule has 3 rings (SSSR count). The van der Waals surface area contributed by atoms with Crippen molar-refractivity contribution in [3.05, 3.63) is 49.8 Å². The lowest BCUT2D eigenvalue weighted by atomic mass is 10.2. The molecule has 0 saturated heterocycles. The van der Waals surface area contributed by atoms with Gasteiger partial charge in [-0.2, -0.15) is 0 Å². The summed E-state index contributed by atoms with van der Waals surface area (Å²) in [4.78, 5) is 43.7. The molecular weight excluding hydrogens is 360 g/mol. The Kier molecular flexibility index (Phi) is 4.64. The zero-order valence-corrected chi connectivity index (χ0v) is 15.4. The number of carbonyl (C=O) groups is 2. The predicted octanol–water partition coefficient (Wildman–Crippen LogP) is 2.65. The topological polar surface area (TPSA) is 111 Å². The molecule has 0 fully saturated rings. The maximum atomic E-state index is 12.4. The van der Waals surface area contributed by atoms with Crippen LogP contribution in [0.4, 0.5) is 0 Å². The Morgan fingerprint density at radius 1 is 1.27 bits per heavy atom. The van der Waals surface area contributed by atoms with Crippen LogP contribution in [0.2, 0.25) is 0 Å². The second-order valence-corrected chi connectivity index (χ2v) is 6.64. The molecule has 0 spiro atoms. The number of hydrogen-bond donors (Lipinski definition) is 1. The van der Waals surface area contributed by atoms with E-state index in [-0.39, 0.29) is 17.7 Å². The fourth-order valence-electron chi connectivity index (χ4n) is 2.58. The van der Waals surface area contributed by atoms with Crippen molar-refractivity contribution >= 4 is 33.5 Å². The summed E-state index contributed by atoms with van der Waals surface area (Å²) in [6.45, 7) is 4.82. The SMILES string of the molecule is COC(=O)c1cc(COC(=O)c2sc3nc(C)[nH]c(=O)c3c2C)oc1C. The van der Waals surface area contributed by atoms with Crippen molar-refractivity contribution in [3.63, 3.8) is 0 Å². The fraction of sp³-hybridized carbons (Fsp3) is 0.294. The number of thiophene rings is 1. The third kappa shape index (κ3) is 3.13. The van der Waals surface area contributed by atoms with Crippen molar-refractivity contribution in [2.24, 2.45) is 0 Å². The summed E-state index contributed by atoms with van der Waals surface area (Å²) >= 11 is 1.10. The van der Waals surface area contributed by atoms with Crippen LogP contribution in [0, 0.1) is 20.8 Å². The number of methoxy groups -OCH3 is 1. The second kappa shape index (κ2) is 6.75. The van der Waals surface area contributed by atoms with Gasteiger partial charge in [0.05, 0.1) is 12.5 Å². The highest BCUT2D eigenvalue weighted by molar-refractivity contribution is 7.20. The van der Waals surface area contributed by atoms with Crippen molar-refractivity contribution < 1.29 is 23.5 Å². The number of aromatic nitrogens is 2. The van der Waals surface area contributed by atoms with Crippen LogP contribution in [0.25, 0.3) is 10.2 Å². The first kappa shape index (κ1) is 17.9. The van der Waals surface area contributed by atoms with Gasteiger partial charge in [-0.3, -0.25) is 4.79 Å². The molecule has 136 valence electrons. The number of esters is 2. The number of ether oxygens (including phenoxy) is 2. The highest BCUT2D eigenvalue weighted by Crippen LogP contribution is 2.28. The lowest BCUT2D eigenvalue weighted by molar-refractivity contribution is 0.0449. The number of nitrogens with zero attached hydrogens (tertiary/aromatic N) is 1. The molecule has 0 saturated carbocycles. The number of fused-ring (bicyclic) bond motifs is 1. The molecule has 0 aliphatic rings. The molecule has 0 aromatic carbocycles. The summed E-state index contributed by atoms with van der Waals surface area (Å²) in [5, 5.41) is 0.384. The zero-order valence-electron chi connectivity index (χ0n) is 14.6. The van der Waals surface area contributed by atoms with Crippen LogP contribution in [0.3, 0.4) is 0 Å². The first-order valence-electron chi connectivity index (χ1n) is 7.66. The zero-order chi connectivity index (χ0) is 19.0. The Morgan fingerprint density at radius 2 is 2.00 bits per heavy atom. The molecule has 0 aliphatic carbocycles. The van der Waals surface area contributed by atoms with E-state index in [2.05, 4.69) is 14.7 Å². The summed E-state index contributed by atoms with van der Waals surface area (Å²) in [5.41, 5.74) is 0.516. The Balaban J connectivity index is 1.82. The number of rotatable bonds is 4. The number of furan rings is 1. The quantitative estimate of drug-likeness (QED) is 0.697. The van der Waals surface area contributed by atoms with Gasteiger partial charge in [0.2, 0.25) is 0 Å². The highest BCUT2D eigenvalue weighted by atomic mass is 32.1. The first-order valence-corrected chi connectivity index (χ1v) is 8.48. The van der Waals surface area contributed by atoms with Gasteiger partial charge in [0, 0.05) is 0 Å². The van der Waals surface area contributed by atoms with Gasteiger partial charge in [0.15, 0.2) is 0 Å². The predicted molar refractivity (Wildman–Crippen MR) is 93.6 cm³/mol. The fourth-order valence-corrected chi connectivity index (χ4v) is 3.70. The highest BCUT2D eigenvalue weighted by Gasteiger charge is 2.21. The van der Waals surface area contributed by atoms with Gasteiger partial charge in [-0.05, 0) is 32.4 Å². The van der Waals surface area contributed by atoms with Crippen LogP contribution in [0.5, 0.6) is 0 Å². The summed E-state index contributed by atoms with van der Waals surface area (Å²) in [6.07, 6.45) is 0. The third-order valence-electron chi connectivity index (χ3n) is 3.82. The third-order valence-corrected chi connectivity index (χ3v) is 4.99. The largest absolute Gasteiger partial charge is 0.465 e. The van der Waals surface area contributed by atoms with E-state index in [9.17, 15) is 14.4 Å². The van der Waals surface area contributed by atoms with Gasteiger partial charge in [-0.15, -0.1) is 11.3 Å². The van der Waals surface area contributed by atoms with Crippen molar-refractivity contribution in [3.8, 4) is 0 Å². The standard InChI is InChI=1S/C17H16N2O6S/c1-7-12-14(20)18-9(3)19-15(12)26-13(7)17(22)24-6-10-5-11(8(2)25-10)16(21)23-4/h5H,6H2,1-4H3,(H,18,19,20). The molecule has 0 bridgehead atoms. The summed E-state index contributed by atoms with van der Waals surface area (Å²) in [7, 11) is 1.27. The van der Waals surface area contributed by atoms with Gasteiger partial charge in [-0.25, -0.2) is 14.6 Å². The molecule has 9 heteroatoms. The van der Waals surface area contributed by atoms with Crippen LogP contribution >= 0.6 is 11.3 Å². The molecule has 1 N–H and O–H groups in total. The number of carbonyl (C=O) groups excluding carboxylic acids is 2. The molecule has 3 heterocycles. The van der Waals surface area contributed by atoms with Crippen molar-refractivity contribution in [2.45, 2.75) is 27.4 Å². The Hall–Kier alpha value is -2.94. The second-order valence-electron chi connectivity index (χ2n) is 5.64. The van der Waals surface area contributed by atoms with Crippen molar-refractivity contribution in [1.29, 1.82) is 0 Å². The number of aromatic amines is 1.